The lowest BCUT2D eigenvalue weighted by atomic mass is 9.97. The SMILES string of the molecule is Cc1n[nH]c(C)c1/C(O)=C1\C(=O)C(=O)N(CCN2CCOCC2)C1c1ccccn1. The van der Waals surface area contributed by atoms with Crippen LogP contribution in [0, 0.1) is 13.8 Å². The van der Waals surface area contributed by atoms with Crippen LogP contribution < -0.4 is 0 Å². The highest BCUT2D eigenvalue weighted by Crippen LogP contribution is 2.39. The van der Waals surface area contributed by atoms with Crippen LogP contribution in [0.3, 0.4) is 0 Å². The molecular formula is C21H25N5O4. The molecule has 0 aliphatic carbocycles. The number of carbonyl (C=O) groups is 2. The van der Waals surface area contributed by atoms with E-state index in [0.717, 1.165) is 13.1 Å². The number of hydrogen-bond acceptors (Lipinski definition) is 7. The number of morpholine rings is 1. The van der Waals surface area contributed by atoms with Gasteiger partial charge < -0.3 is 14.7 Å². The monoisotopic (exact) mass is 411 g/mol. The molecule has 30 heavy (non-hydrogen) atoms. The Bertz CT molecular complexity index is 959. The third-order valence-corrected chi connectivity index (χ3v) is 5.63. The van der Waals surface area contributed by atoms with E-state index in [1.54, 1.807) is 38.2 Å². The van der Waals surface area contributed by atoms with Gasteiger partial charge in [0, 0.05) is 38.1 Å². The molecule has 2 aromatic heterocycles. The average molecular weight is 411 g/mol. The Morgan fingerprint density at radius 1 is 1.23 bits per heavy atom. The molecule has 0 aromatic carbocycles. The molecule has 0 radical (unpaired) electrons. The van der Waals surface area contributed by atoms with Crippen LogP contribution in [0.5, 0.6) is 0 Å². The summed E-state index contributed by atoms with van der Waals surface area (Å²) in [6.07, 6.45) is 1.62. The Morgan fingerprint density at radius 3 is 2.63 bits per heavy atom. The fourth-order valence-electron chi connectivity index (χ4n) is 4.06. The van der Waals surface area contributed by atoms with Crippen LogP contribution in [0.4, 0.5) is 0 Å². The van der Waals surface area contributed by atoms with E-state index in [2.05, 4.69) is 20.1 Å². The van der Waals surface area contributed by atoms with Gasteiger partial charge in [0.2, 0.25) is 0 Å². The molecule has 0 spiro atoms. The molecule has 4 rings (SSSR count). The summed E-state index contributed by atoms with van der Waals surface area (Å²) in [4.78, 5) is 34.1. The van der Waals surface area contributed by atoms with E-state index in [1.807, 2.05) is 0 Å². The predicted molar refractivity (Wildman–Crippen MR) is 109 cm³/mol. The first kappa shape index (κ1) is 20.2. The highest BCUT2D eigenvalue weighted by atomic mass is 16.5. The molecule has 9 heteroatoms. The highest BCUT2D eigenvalue weighted by Gasteiger charge is 2.47. The van der Waals surface area contributed by atoms with E-state index in [1.165, 1.54) is 4.90 Å². The largest absolute Gasteiger partial charge is 0.507 e. The molecule has 1 amide bonds. The van der Waals surface area contributed by atoms with E-state index >= 15 is 0 Å². The van der Waals surface area contributed by atoms with E-state index in [9.17, 15) is 14.7 Å². The van der Waals surface area contributed by atoms with Crippen molar-refractivity contribution in [1.29, 1.82) is 0 Å². The summed E-state index contributed by atoms with van der Waals surface area (Å²) >= 11 is 0. The van der Waals surface area contributed by atoms with Gasteiger partial charge >= 0.3 is 0 Å². The predicted octanol–water partition coefficient (Wildman–Crippen LogP) is 1.18. The van der Waals surface area contributed by atoms with Gasteiger partial charge in [-0.15, -0.1) is 0 Å². The minimum Gasteiger partial charge on any atom is -0.507 e. The molecule has 2 fully saturated rings. The number of aliphatic hydroxyl groups excluding tert-OH is 1. The Kier molecular flexibility index (Phi) is 5.65. The van der Waals surface area contributed by atoms with Gasteiger partial charge in [-0.2, -0.15) is 5.10 Å². The van der Waals surface area contributed by atoms with Crippen LogP contribution in [0.15, 0.2) is 30.0 Å². The van der Waals surface area contributed by atoms with Gasteiger partial charge in [-0.05, 0) is 26.0 Å². The van der Waals surface area contributed by atoms with Crippen molar-refractivity contribution in [3.63, 3.8) is 0 Å². The third kappa shape index (κ3) is 3.61. The maximum Gasteiger partial charge on any atom is 0.295 e. The Balaban J connectivity index is 1.74. The van der Waals surface area contributed by atoms with Crippen molar-refractivity contribution in [3.8, 4) is 0 Å². The smallest absolute Gasteiger partial charge is 0.295 e. The van der Waals surface area contributed by atoms with Gasteiger partial charge in [-0.3, -0.25) is 24.6 Å². The van der Waals surface area contributed by atoms with Gasteiger partial charge in [0.05, 0.1) is 35.7 Å². The fraction of sp³-hybridized carbons (Fsp3) is 0.429. The number of likely N-dealkylation sites (tertiary alicyclic amines) is 1. The van der Waals surface area contributed by atoms with Crippen LogP contribution in [0.25, 0.3) is 5.76 Å². The normalized spacial score (nSPS) is 22.1. The number of aromatic amines is 1. The number of ether oxygens (including phenoxy) is 1. The summed E-state index contributed by atoms with van der Waals surface area (Å²) in [6.45, 7) is 7.35. The quantitative estimate of drug-likeness (QED) is 0.432. The summed E-state index contributed by atoms with van der Waals surface area (Å²) in [5.41, 5.74) is 2.22. The van der Waals surface area contributed by atoms with Crippen molar-refractivity contribution in [1.82, 2.24) is 25.0 Å². The number of hydrogen-bond donors (Lipinski definition) is 2. The third-order valence-electron chi connectivity index (χ3n) is 5.63. The Morgan fingerprint density at radius 2 is 2.00 bits per heavy atom. The lowest BCUT2D eigenvalue weighted by Gasteiger charge is -2.30. The molecule has 2 N–H and O–H groups in total. The average Bonchev–Trinajstić information content (AvgIpc) is 3.23. The molecule has 9 nitrogen and oxygen atoms in total. The molecule has 1 unspecified atom stereocenters. The zero-order valence-corrected chi connectivity index (χ0v) is 17.1. The lowest BCUT2D eigenvalue weighted by molar-refractivity contribution is -0.140. The molecular weight excluding hydrogens is 386 g/mol. The van der Waals surface area contributed by atoms with Gasteiger partial charge in [-0.1, -0.05) is 6.07 Å². The number of nitrogens with one attached hydrogen (secondary N) is 1. The second-order valence-electron chi connectivity index (χ2n) is 7.51. The van der Waals surface area contributed by atoms with Gasteiger partial charge in [0.1, 0.15) is 11.8 Å². The standard InChI is InChI=1S/C21H25N5O4/c1-13-16(14(2)24-23-13)19(27)17-18(15-5-3-4-6-22-15)26(21(29)20(17)28)8-7-25-9-11-30-12-10-25/h3-6,18,27H,7-12H2,1-2H3,(H,23,24)/b19-17+. The number of Topliss-reactive ketones (excluding diaryl/α,β-unsaturated/α-hetero) is 1. The number of nitrogens with zero attached hydrogens (tertiary/aromatic N) is 4. The molecule has 4 heterocycles. The van der Waals surface area contributed by atoms with E-state index in [-0.39, 0.29) is 11.3 Å². The lowest BCUT2D eigenvalue weighted by Crippen LogP contribution is -2.42. The van der Waals surface area contributed by atoms with E-state index in [4.69, 9.17) is 4.74 Å². The molecule has 0 saturated carbocycles. The second-order valence-corrected chi connectivity index (χ2v) is 7.51. The summed E-state index contributed by atoms with van der Waals surface area (Å²) in [7, 11) is 0. The number of carbonyl (C=O) groups excluding carboxylic acids is 2. The summed E-state index contributed by atoms with van der Waals surface area (Å²) in [5.74, 6) is -1.55. The number of pyridine rings is 1. The molecule has 2 aliphatic rings. The number of aromatic nitrogens is 3. The molecule has 1 atom stereocenters. The molecule has 2 aromatic rings. The van der Waals surface area contributed by atoms with Crippen molar-refractivity contribution >= 4 is 17.4 Å². The topological polar surface area (TPSA) is 112 Å². The Hall–Kier alpha value is -3.04. The van der Waals surface area contributed by atoms with Crippen molar-refractivity contribution in [2.45, 2.75) is 19.9 Å². The van der Waals surface area contributed by atoms with Crippen molar-refractivity contribution in [3.05, 3.63) is 52.6 Å². The van der Waals surface area contributed by atoms with E-state index < -0.39 is 17.7 Å². The van der Waals surface area contributed by atoms with Gasteiger partial charge in [-0.25, -0.2) is 0 Å². The van der Waals surface area contributed by atoms with Gasteiger partial charge in [0.15, 0.2) is 0 Å². The fourth-order valence-corrected chi connectivity index (χ4v) is 4.06. The summed E-state index contributed by atoms with van der Waals surface area (Å²) in [6, 6.07) is 4.59. The molecule has 158 valence electrons. The minimum atomic E-state index is -0.749. The molecule has 2 saturated heterocycles. The first-order valence-corrected chi connectivity index (χ1v) is 10.0. The van der Waals surface area contributed by atoms with Crippen molar-refractivity contribution in [2.24, 2.45) is 0 Å². The van der Waals surface area contributed by atoms with Crippen LogP contribution in [0.1, 0.15) is 28.7 Å². The molecule has 2 aliphatic heterocycles. The highest BCUT2D eigenvalue weighted by molar-refractivity contribution is 6.46. The van der Waals surface area contributed by atoms with Crippen molar-refractivity contribution < 1.29 is 19.4 Å². The number of aliphatic hydroxyl groups is 1. The van der Waals surface area contributed by atoms with Crippen LogP contribution in [-0.2, 0) is 14.3 Å². The minimum absolute atomic E-state index is 0.0493. The summed E-state index contributed by atoms with van der Waals surface area (Å²) in [5, 5.41) is 18.0. The number of H-pyrrole nitrogens is 1. The maximum atomic E-state index is 13.0. The van der Waals surface area contributed by atoms with Gasteiger partial charge in [0.25, 0.3) is 11.7 Å². The van der Waals surface area contributed by atoms with Crippen LogP contribution in [0.2, 0.25) is 0 Å². The Labute approximate surface area is 174 Å². The first-order valence-electron chi connectivity index (χ1n) is 10.0. The van der Waals surface area contributed by atoms with Crippen LogP contribution >= 0.6 is 0 Å². The van der Waals surface area contributed by atoms with E-state index in [0.29, 0.717) is 48.9 Å². The second kappa shape index (κ2) is 8.37. The van der Waals surface area contributed by atoms with Crippen molar-refractivity contribution in [2.75, 3.05) is 39.4 Å². The maximum absolute atomic E-state index is 13.0. The first-order chi connectivity index (χ1) is 14.5. The summed E-state index contributed by atoms with van der Waals surface area (Å²) < 4.78 is 5.38. The molecule has 0 bridgehead atoms. The zero-order chi connectivity index (χ0) is 21.3. The number of rotatable bonds is 5. The number of ketones is 1. The van der Waals surface area contributed by atoms with Crippen LogP contribution in [-0.4, -0.2) is 81.2 Å². The number of aryl methyl sites for hydroxylation is 2. The zero-order valence-electron chi connectivity index (χ0n) is 17.1. The number of amides is 1.